The molecule has 1 fully saturated rings. The molecule has 0 spiro atoms. The summed E-state index contributed by atoms with van der Waals surface area (Å²) >= 11 is 0. The van der Waals surface area contributed by atoms with Gasteiger partial charge in [-0.1, -0.05) is 6.92 Å². The molecule has 0 heterocycles. The predicted molar refractivity (Wildman–Crippen MR) is 64.2 cm³/mol. The molecule has 0 bridgehead atoms. The summed E-state index contributed by atoms with van der Waals surface area (Å²) in [5.74, 6) is 0.124. The molecule has 1 atom stereocenters. The number of nitrogens with zero attached hydrogens (tertiary/aromatic N) is 1. The van der Waals surface area contributed by atoms with E-state index in [-0.39, 0.29) is 12.5 Å². The number of aliphatic hydroxyl groups excluding tert-OH is 1. The van der Waals surface area contributed by atoms with Crippen molar-refractivity contribution in [3.05, 3.63) is 0 Å². The van der Waals surface area contributed by atoms with Gasteiger partial charge in [-0.15, -0.1) is 0 Å². The number of hydrogen-bond acceptors (Lipinski definition) is 3. The Morgan fingerprint density at radius 1 is 1.56 bits per heavy atom. The van der Waals surface area contributed by atoms with Gasteiger partial charge in [0.2, 0.25) is 5.91 Å². The Labute approximate surface area is 98.0 Å². The molecule has 1 amide bonds. The normalized spacial score (nSPS) is 17.9. The fourth-order valence-corrected chi connectivity index (χ4v) is 1.82. The van der Waals surface area contributed by atoms with Crippen LogP contribution < -0.4 is 5.32 Å². The number of carbonyl (C=O) groups excluding carboxylic acids is 1. The van der Waals surface area contributed by atoms with E-state index in [2.05, 4.69) is 19.2 Å². The second-order valence-corrected chi connectivity index (χ2v) is 4.59. The molecular formula is C12H24N2O2. The van der Waals surface area contributed by atoms with Crippen molar-refractivity contribution in [1.29, 1.82) is 0 Å². The standard InChI is InChI=1S/C12H24N2O2/c1-3-10(2)13-9-12(16)14(7-8-15)11-5-4-6-11/h10-11,13,15H,3-9H2,1-2H3. The SMILES string of the molecule is CCC(C)NCC(=O)N(CCO)C1CCC1. The molecule has 1 aliphatic carbocycles. The van der Waals surface area contributed by atoms with Crippen LogP contribution in [0.15, 0.2) is 0 Å². The minimum absolute atomic E-state index is 0.0611. The van der Waals surface area contributed by atoms with Crippen LogP contribution in [-0.4, -0.2) is 47.7 Å². The van der Waals surface area contributed by atoms with Crippen molar-refractivity contribution in [3.8, 4) is 0 Å². The third kappa shape index (κ3) is 3.76. The highest BCUT2D eigenvalue weighted by atomic mass is 16.3. The lowest BCUT2D eigenvalue weighted by Crippen LogP contribution is -2.49. The molecule has 0 aromatic rings. The van der Waals surface area contributed by atoms with Crippen LogP contribution in [0.1, 0.15) is 39.5 Å². The molecule has 0 radical (unpaired) electrons. The second kappa shape index (κ2) is 6.86. The largest absolute Gasteiger partial charge is 0.395 e. The van der Waals surface area contributed by atoms with E-state index >= 15 is 0 Å². The van der Waals surface area contributed by atoms with Crippen molar-refractivity contribution in [1.82, 2.24) is 10.2 Å². The van der Waals surface area contributed by atoms with Gasteiger partial charge >= 0.3 is 0 Å². The van der Waals surface area contributed by atoms with E-state index < -0.39 is 0 Å². The third-order valence-corrected chi connectivity index (χ3v) is 3.39. The van der Waals surface area contributed by atoms with E-state index in [0.29, 0.717) is 25.2 Å². The fourth-order valence-electron chi connectivity index (χ4n) is 1.82. The van der Waals surface area contributed by atoms with E-state index in [1.54, 1.807) is 0 Å². The molecular weight excluding hydrogens is 204 g/mol. The van der Waals surface area contributed by atoms with Gasteiger partial charge in [0.05, 0.1) is 13.2 Å². The second-order valence-electron chi connectivity index (χ2n) is 4.59. The van der Waals surface area contributed by atoms with Crippen molar-refractivity contribution in [2.24, 2.45) is 0 Å². The van der Waals surface area contributed by atoms with Crippen LogP contribution in [0.4, 0.5) is 0 Å². The summed E-state index contributed by atoms with van der Waals surface area (Å²) in [5, 5.41) is 12.2. The highest BCUT2D eigenvalue weighted by molar-refractivity contribution is 5.78. The van der Waals surface area contributed by atoms with Crippen LogP contribution >= 0.6 is 0 Å². The summed E-state index contributed by atoms with van der Waals surface area (Å²) in [7, 11) is 0. The Balaban J connectivity index is 2.34. The molecule has 94 valence electrons. The number of carbonyl (C=O) groups is 1. The van der Waals surface area contributed by atoms with E-state index in [4.69, 9.17) is 5.11 Å². The summed E-state index contributed by atoms with van der Waals surface area (Å²) in [6, 6.07) is 0.750. The molecule has 16 heavy (non-hydrogen) atoms. The van der Waals surface area contributed by atoms with Crippen molar-refractivity contribution in [2.45, 2.75) is 51.6 Å². The summed E-state index contributed by atoms with van der Waals surface area (Å²) in [4.78, 5) is 13.8. The van der Waals surface area contributed by atoms with Gasteiger partial charge in [0, 0.05) is 18.6 Å². The van der Waals surface area contributed by atoms with Crippen LogP contribution in [-0.2, 0) is 4.79 Å². The number of hydrogen-bond donors (Lipinski definition) is 2. The Hall–Kier alpha value is -0.610. The maximum Gasteiger partial charge on any atom is 0.236 e. The first-order valence-corrected chi connectivity index (χ1v) is 6.32. The molecule has 0 aromatic carbocycles. The first-order chi connectivity index (χ1) is 7.69. The molecule has 1 saturated carbocycles. The van der Waals surface area contributed by atoms with Crippen LogP contribution in [0.5, 0.6) is 0 Å². The number of amides is 1. The quantitative estimate of drug-likeness (QED) is 0.676. The van der Waals surface area contributed by atoms with Crippen LogP contribution in [0.2, 0.25) is 0 Å². The first kappa shape index (κ1) is 13.5. The molecule has 0 aromatic heterocycles. The molecule has 0 saturated heterocycles. The topological polar surface area (TPSA) is 52.6 Å². The zero-order chi connectivity index (χ0) is 12.0. The molecule has 4 nitrogen and oxygen atoms in total. The summed E-state index contributed by atoms with van der Waals surface area (Å²) in [5.41, 5.74) is 0. The van der Waals surface area contributed by atoms with Crippen molar-refractivity contribution < 1.29 is 9.90 Å². The fraction of sp³-hybridized carbons (Fsp3) is 0.917. The molecule has 0 aliphatic heterocycles. The van der Waals surface area contributed by atoms with E-state index in [9.17, 15) is 4.79 Å². The Bertz CT molecular complexity index is 217. The van der Waals surface area contributed by atoms with Gasteiger partial charge in [0.1, 0.15) is 0 Å². The lowest BCUT2D eigenvalue weighted by atomic mass is 9.91. The van der Waals surface area contributed by atoms with E-state index in [1.165, 1.54) is 6.42 Å². The van der Waals surface area contributed by atoms with E-state index in [1.807, 2.05) is 4.90 Å². The van der Waals surface area contributed by atoms with Crippen LogP contribution in [0.3, 0.4) is 0 Å². The van der Waals surface area contributed by atoms with Crippen molar-refractivity contribution >= 4 is 5.91 Å². The number of aliphatic hydroxyl groups is 1. The molecule has 1 aliphatic rings. The average Bonchev–Trinajstić information content (AvgIpc) is 2.22. The highest BCUT2D eigenvalue weighted by Gasteiger charge is 2.27. The average molecular weight is 228 g/mol. The van der Waals surface area contributed by atoms with Crippen molar-refractivity contribution in [2.75, 3.05) is 19.7 Å². The van der Waals surface area contributed by atoms with Gasteiger partial charge in [-0.3, -0.25) is 4.79 Å². The Morgan fingerprint density at radius 3 is 2.69 bits per heavy atom. The number of nitrogens with one attached hydrogen (secondary N) is 1. The summed E-state index contributed by atoms with van der Waals surface area (Å²) in [6.07, 6.45) is 4.42. The van der Waals surface area contributed by atoms with Gasteiger partial charge in [0.25, 0.3) is 0 Å². The van der Waals surface area contributed by atoms with Gasteiger partial charge < -0.3 is 15.3 Å². The van der Waals surface area contributed by atoms with Crippen LogP contribution in [0, 0.1) is 0 Å². The van der Waals surface area contributed by atoms with Gasteiger partial charge in [0.15, 0.2) is 0 Å². The molecule has 1 rings (SSSR count). The van der Waals surface area contributed by atoms with Gasteiger partial charge in [-0.05, 0) is 32.6 Å². The Morgan fingerprint density at radius 2 is 2.25 bits per heavy atom. The van der Waals surface area contributed by atoms with Crippen LogP contribution in [0.25, 0.3) is 0 Å². The summed E-state index contributed by atoms with van der Waals surface area (Å²) < 4.78 is 0. The van der Waals surface area contributed by atoms with Gasteiger partial charge in [-0.2, -0.15) is 0 Å². The molecule has 2 N–H and O–H groups in total. The highest BCUT2D eigenvalue weighted by Crippen LogP contribution is 2.24. The molecule has 1 unspecified atom stereocenters. The number of rotatable bonds is 7. The van der Waals surface area contributed by atoms with Gasteiger partial charge in [-0.25, -0.2) is 0 Å². The summed E-state index contributed by atoms with van der Waals surface area (Å²) in [6.45, 7) is 5.11. The zero-order valence-corrected chi connectivity index (χ0v) is 10.4. The smallest absolute Gasteiger partial charge is 0.236 e. The lowest BCUT2D eigenvalue weighted by molar-refractivity contribution is -0.135. The lowest BCUT2D eigenvalue weighted by Gasteiger charge is -2.37. The first-order valence-electron chi connectivity index (χ1n) is 6.32. The monoisotopic (exact) mass is 228 g/mol. The maximum absolute atomic E-state index is 11.9. The predicted octanol–water partition coefficient (Wildman–Crippen LogP) is 0.748. The maximum atomic E-state index is 11.9. The third-order valence-electron chi connectivity index (χ3n) is 3.39. The van der Waals surface area contributed by atoms with Crippen molar-refractivity contribution in [3.63, 3.8) is 0 Å². The zero-order valence-electron chi connectivity index (χ0n) is 10.4. The minimum Gasteiger partial charge on any atom is -0.395 e. The Kier molecular flexibility index (Phi) is 5.77. The molecule has 4 heteroatoms. The van der Waals surface area contributed by atoms with E-state index in [0.717, 1.165) is 19.3 Å². The minimum atomic E-state index is 0.0611.